The Hall–Kier alpha value is -3.10. The number of methoxy groups -OCH3 is 2. The van der Waals surface area contributed by atoms with Crippen LogP contribution in [-0.2, 0) is 28.4 Å². The monoisotopic (exact) mass is 559 g/mol. The van der Waals surface area contributed by atoms with Crippen LogP contribution in [0.2, 0.25) is 0 Å². The number of hydrogen-bond donors (Lipinski definition) is 1. The maximum Gasteiger partial charge on any atom is 0.421 e. The van der Waals surface area contributed by atoms with E-state index in [-0.39, 0.29) is 25.2 Å². The summed E-state index contributed by atoms with van der Waals surface area (Å²) in [5.41, 5.74) is 4.88. The molecule has 14 heteroatoms. The second-order valence-corrected chi connectivity index (χ2v) is 11.0. The van der Waals surface area contributed by atoms with Gasteiger partial charge in [-0.3, -0.25) is 4.79 Å². The Bertz CT molecular complexity index is 1090. The molecule has 2 rings (SSSR count). The van der Waals surface area contributed by atoms with E-state index in [1.807, 2.05) is 0 Å². The highest BCUT2D eigenvalue weighted by molar-refractivity contribution is 7.81. The van der Waals surface area contributed by atoms with Crippen LogP contribution in [0.1, 0.15) is 56.8 Å². The number of benzene rings is 1. The molecule has 13 nitrogen and oxygen atoms in total. The number of primary amides is 1. The molecule has 1 aromatic rings. The average molecular weight is 560 g/mol. The van der Waals surface area contributed by atoms with Crippen molar-refractivity contribution in [2.45, 2.75) is 58.5 Å². The molecule has 2 N–H and O–H groups in total. The lowest BCUT2D eigenvalue weighted by molar-refractivity contribution is -0.122. The molecule has 0 saturated carbocycles. The summed E-state index contributed by atoms with van der Waals surface area (Å²) >= 11 is 0. The molecule has 1 saturated heterocycles. The molecule has 1 aliphatic rings. The van der Waals surface area contributed by atoms with E-state index in [0.717, 1.165) is 4.90 Å². The third kappa shape index (κ3) is 8.20. The fourth-order valence-corrected chi connectivity index (χ4v) is 4.80. The standard InChI is InChI=1S/C24H37N3O10S/c1-16-11-12-17(21(25)28)26(4)23(30)27(16)37-38(31,32)36-15-24(2,3)13-8-14-35-22(29)20-18(33-5)9-7-10-19(20)34-6/h7,9-10,16-17H,8,11-15H2,1-6H3,(H2,25,28)/t16-,17-/m0/s1. The number of esters is 1. The number of amides is 3. The Labute approximate surface area is 223 Å². The number of nitrogens with two attached hydrogens (primary N) is 1. The van der Waals surface area contributed by atoms with E-state index in [1.54, 1.807) is 39.0 Å². The lowest BCUT2D eigenvalue weighted by Gasteiger charge is -2.29. The summed E-state index contributed by atoms with van der Waals surface area (Å²) in [4.78, 5) is 38.0. The van der Waals surface area contributed by atoms with E-state index in [9.17, 15) is 22.8 Å². The van der Waals surface area contributed by atoms with Crippen LogP contribution in [0, 0.1) is 5.41 Å². The molecule has 3 amide bonds. The molecule has 0 spiro atoms. The normalized spacial score (nSPS) is 18.6. The van der Waals surface area contributed by atoms with Crippen LogP contribution in [0.25, 0.3) is 0 Å². The van der Waals surface area contributed by atoms with Crippen molar-refractivity contribution in [2.24, 2.45) is 11.1 Å². The Morgan fingerprint density at radius 2 is 1.74 bits per heavy atom. The van der Waals surface area contributed by atoms with Gasteiger partial charge in [0.25, 0.3) is 0 Å². The average Bonchev–Trinajstić information content (AvgIpc) is 2.96. The quantitative estimate of drug-likeness (QED) is 0.280. The third-order valence-electron chi connectivity index (χ3n) is 6.17. The van der Waals surface area contributed by atoms with Gasteiger partial charge in [-0.05, 0) is 50.2 Å². The first kappa shape index (κ1) is 31.1. The van der Waals surface area contributed by atoms with Crippen LogP contribution in [0.15, 0.2) is 18.2 Å². The fraction of sp³-hybridized carbons (Fsp3) is 0.625. The topological polar surface area (TPSA) is 164 Å². The molecule has 0 unspecified atom stereocenters. The zero-order chi connectivity index (χ0) is 28.7. The van der Waals surface area contributed by atoms with Gasteiger partial charge in [0, 0.05) is 7.05 Å². The van der Waals surface area contributed by atoms with Crippen LogP contribution >= 0.6 is 0 Å². The summed E-state index contributed by atoms with van der Waals surface area (Å²) in [7, 11) is -0.386. The lowest BCUT2D eigenvalue weighted by atomic mass is 9.89. The molecule has 1 fully saturated rings. The maximum atomic E-state index is 12.7. The second kappa shape index (κ2) is 13.1. The van der Waals surface area contributed by atoms with Gasteiger partial charge >= 0.3 is 22.4 Å². The largest absolute Gasteiger partial charge is 0.496 e. The van der Waals surface area contributed by atoms with Crippen molar-refractivity contribution in [3.8, 4) is 11.5 Å². The van der Waals surface area contributed by atoms with Gasteiger partial charge in [0.1, 0.15) is 23.1 Å². The van der Waals surface area contributed by atoms with Crippen molar-refractivity contribution in [1.82, 2.24) is 9.96 Å². The number of likely N-dealkylation sites (N-methyl/N-ethyl adjacent to an activating group) is 1. The van der Waals surface area contributed by atoms with Gasteiger partial charge < -0.3 is 24.8 Å². The zero-order valence-electron chi connectivity index (χ0n) is 22.6. The number of urea groups is 1. The van der Waals surface area contributed by atoms with Crippen LogP contribution in [-0.4, -0.2) is 82.9 Å². The van der Waals surface area contributed by atoms with Gasteiger partial charge in [-0.25, -0.2) is 13.8 Å². The summed E-state index contributed by atoms with van der Waals surface area (Å²) in [6.07, 6.45) is 1.42. The Morgan fingerprint density at radius 1 is 1.13 bits per heavy atom. The van der Waals surface area contributed by atoms with Crippen molar-refractivity contribution >= 4 is 28.3 Å². The molecule has 214 valence electrons. The molecule has 0 aromatic heterocycles. The summed E-state index contributed by atoms with van der Waals surface area (Å²) in [5, 5.41) is 0.677. The summed E-state index contributed by atoms with van der Waals surface area (Å²) in [6.45, 7) is 4.97. The zero-order valence-corrected chi connectivity index (χ0v) is 23.4. The first-order valence-electron chi connectivity index (χ1n) is 12.1. The highest BCUT2D eigenvalue weighted by atomic mass is 32.3. The second-order valence-electron chi connectivity index (χ2n) is 9.75. The summed E-state index contributed by atoms with van der Waals surface area (Å²) < 4.78 is 50.9. The van der Waals surface area contributed by atoms with Gasteiger partial charge in [0.2, 0.25) is 5.91 Å². The van der Waals surface area contributed by atoms with Gasteiger partial charge in [-0.15, -0.1) is 4.28 Å². The van der Waals surface area contributed by atoms with E-state index in [1.165, 1.54) is 21.3 Å². The highest BCUT2D eigenvalue weighted by Crippen LogP contribution is 2.30. The van der Waals surface area contributed by atoms with E-state index >= 15 is 0 Å². The van der Waals surface area contributed by atoms with Gasteiger partial charge in [-0.1, -0.05) is 19.9 Å². The molecule has 1 aliphatic heterocycles. The number of carbonyl (C=O) groups is 3. The SMILES string of the molecule is COc1cccc(OC)c1C(=O)OCCCC(C)(C)COS(=O)(=O)ON1C(=O)N(C)[C@H](C(N)=O)CC[C@@H]1C. The Balaban J connectivity index is 1.89. The van der Waals surface area contributed by atoms with E-state index in [0.29, 0.717) is 35.8 Å². The Morgan fingerprint density at radius 3 is 2.29 bits per heavy atom. The van der Waals surface area contributed by atoms with E-state index in [2.05, 4.69) is 0 Å². The molecular formula is C24H37N3O10S. The summed E-state index contributed by atoms with van der Waals surface area (Å²) in [5.74, 6) is -0.656. The highest BCUT2D eigenvalue weighted by Gasteiger charge is 2.38. The molecule has 1 aromatic carbocycles. The minimum absolute atomic E-state index is 0.0693. The minimum Gasteiger partial charge on any atom is -0.496 e. The number of carbonyl (C=O) groups excluding carboxylic acids is 3. The van der Waals surface area contributed by atoms with Crippen LogP contribution in [0.4, 0.5) is 4.79 Å². The lowest BCUT2D eigenvalue weighted by Crippen LogP contribution is -2.50. The number of hydrogen-bond acceptors (Lipinski definition) is 10. The van der Waals surface area contributed by atoms with Gasteiger partial charge in [0.05, 0.1) is 33.5 Å². The molecule has 0 aliphatic carbocycles. The maximum absolute atomic E-state index is 12.7. The predicted molar refractivity (Wildman–Crippen MR) is 135 cm³/mol. The van der Waals surface area contributed by atoms with Crippen molar-refractivity contribution in [1.29, 1.82) is 0 Å². The number of nitrogens with zero attached hydrogens (tertiary/aromatic N) is 2. The molecule has 0 radical (unpaired) electrons. The van der Waals surface area contributed by atoms with E-state index in [4.69, 9.17) is 28.4 Å². The molecule has 0 bridgehead atoms. The van der Waals surface area contributed by atoms with Crippen LogP contribution in [0.5, 0.6) is 11.5 Å². The first-order valence-corrected chi connectivity index (χ1v) is 13.4. The first-order chi connectivity index (χ1) is 17.7. The number of rotatable bonds is 13. The van der Waals surface area contributed by atoms with Crippen LogP contribution < -0.4 is 15.2 Å². The summed E-state index contributed by atoms with van der Waals surface area (Å²) in [6, 6.07) is 2.59. The van der Waals surface area contributed by atoms with Crippen molar-refractivity contribution in [3.63, 3.8) is 0 Å². The molecular weight excluding hydrogens is 522 g/mol. The predicted octanol–water partition coefficient (Wildman–Crippen LogP) is 2.25. The van der Waals surface area contributed by atoms with E-state index < -0.39 is 45.8 Å². The minimum atomic E-state index is -4.60. The van der Waals surface area contributed by atoms with Gasteiger partial charge in [-0.2, -0.15) is 13.5 Å². The molecule has 2 atom stereocenters. The molecule has 1 heterocycles. The molecule has 38 heavy (non-hydrogen) atoms. The number of ether oxygens (including phenoxy) is 3. The van der Waals surface area contributed by atoms with Gasteiger partial charge in [0.15, 0.2) is 0 Å². The smallest absolute Gasteiger partial charge is 0.421 e. The fourth-order valence-electron chi connectivity index (χ4n) is 3.89. The number of hydroxylamine groups is 2. The van der Waals surface area contributed by atoms with Crippen molar-refractivity contribution in [2.75, 3.05) is 34.5 Å². The van der Waals surface area contributed by atoms with Crippen molar-refractivity contribution < 1.29 is 45.5 Å². The van der Waals surface area contributed by atoms with Crippen LogP contribution in [0.3, 0.4) is 0 Å². The van der Waals surface area contributed by atoms with Crippen molar-refractivity contribution in [3.05, 3.63) is 23.8 Å². The Kier molecular flexibility index (Phi) is 10.7. The third-order valence-corrected chi connectivity index (χ3v) is 6.92.